The van der Waals surface area contributed by atoms with Crippen molar-refractivity contribution >= 4 is 9.84 Å². The highest BCUT2D eigenvalue weighted by molar-refractivity contribution is 7.91. The van der Waals surface area contributed by atoms with Gasteiger partial charge in [0.15, 0.2) is 9.84 Å². The molecule has 0 unspecified atom stereocenters. The number of hydrogen-bond acceptors (Lipinski definition) is 4. The van der Waals surface area contributed by atoms with E-state index in [0.29, 0.717) is 18.6 Å². The second-order valence-electron chi connectivity index (χ2n) is 4.42. The minimum Gasteiger partial charge on any atom is -0.468 e. The van der Waals surface area contributed by atoms with Crippen LogP contribution in [0.25, 0.3) is 0 Å². The van der Waals surface area contributed by atoms with Gasteiger partial charge in [-0.25, -0.2) is 8.42 Å². The van der Waals surface area contributed by atoms with Gasteiger partial charge in [0.25, 0.3) is 0 Å². The summed E-state index contributed by atoms with van der Waals surface area (Å²) in [6.45, 7) is 0. The van der Waals surface area contributed by atoms with Crippen LogP contribution in [0.15, 0.2) is 22.8 Å². The van der Waals surface area contributed by atoms with Gasteiger partial charge in [0.2, 0.25) is 0 Å². The molecule has 1 aromatic heterocycles. The van der Waals surface area contributed by atoms with Gasteiger partial charge in [0.1, 0.15) is 11.5 Å². The van der Waals surface area contributed by atoms with Crippen LogP contribution < -0.4 is 5.73 Å². The van der Waals surface area contributed by atoms with E-state index in [0.717, 1.165) is 12.8 Å². The molecule has 0 amide bonds. The predicted octanol–water partition coefficient (Wildman–Crippen LogP) is 1.46. The molecule has 2 rings (SSSR count). The maximum atomic E-state index is 12.1. The van der Waals surface area contributed by atoms with E-state index in [1.165, 1.54) is 6.26 Å². The first-order valence-corrected chi connectivity index (χ1v) is 7.29. The summed E-state index contributed by atoms with van der Waals surface area (Å²) in [5.74, 6) is 0.537. The van der Waals surface area contributed by atoms with E-state index in [-0.39, 0.29) is 17.0 Å². The molecule has 1 aliphatic carbocycles. The van der Waals surface area contributed by atoms with Crippen LogP contribution in [-0.4, -0.2) is 19.7 Å². The van der Waals surface area contributed by atoms with Crippen LogP contribution in [0, 0.1) is 0 Å². The minimum absolute atomic E-state index is 0.0138. The Kier molecular flexibility index (Phi) is 3.35. The minimum atomic E-state index is -3.08. The maximum Gasteiger partial charge on any atom is 0.160 e. The Morgan fingerprint density at radius 2 is 2.00 bits per heavy atom. The van der Waals surface area contributed by atoms with Gasteiger partial charge in [0, 0.05) is 6.04 Å². The topological polar surface area (TPSA) is 73.3 Å². The lowest BCUT2D eigenvalue weighted by molar-refractivity contribution is 0.431. The lowest BCUT2D eigenvalue weighted by atomic mass is 9.96. The first-order valence-electron chi connectivity index (χ1n) is 5.57. The van der Waals surface area contributed by atoms with E-state index >= 15 is 0 Å². The molecule has 1 fully saturated rings. The van der Waals surface area contributed by atoms with Gasteiger partial charge < -0.3 is 10.2 Å². The zero-order valence-corrected chi connectivity index (χ0v) is 9.95. The molecule has 0 bridgehead atoms. The summed E-state index contributed by atoms with van der Waals surface area (Å²) in [6, 6.07) is 3.59. The Balaban J connectivity index is 2.02. The second-order valence-corrected chi connectivity index (χ2v) is 6.70. The third-order valence-electron chi connectivity index (χ3n) is 3.15. The van der Waals surface area contributed by atoms with Crippen LogP contribution in [0.3, 0.4) is 0 Å². The number of nitrogens with two attached hydrogens (primary N) is 1. The summed E-state index contributed by atoms with van der Waals surface area (Å²) in [4.78, 5) is 0. The SMILES string of the molecule is NC1CCC(S(=O)(=O)Cc2ccco2)CC1. The van der Waals surface area contributed by atoms with Crippen molar-refractivity contribution in [3.8, 4) is 0 Å². The van der Waals surface area contributed by atoms with E-state index < -0.39 is 9.84 Å². The molecule has 0 radical (unpaired) electrons. The Hall–Kier alpha value is -0.810. The van der Waals surface area contributed by atoms with Crippen LogP contribution >= 0.6 is 0 Å². The molecule has 4 nitrogen and oxygen atoms in total. The molecule has 1 aromatic rings. The number of hydrogen-bond donors (Lipinski definition) is 1. The van der Waals surface area contributed by atoms with Gasteiger partial charge in [-0.05, 0) is 37.8 Å². The first-order chi connectivity index (χ1) is 7.58. The Labute approximate surface area is 95.7 Å². The first kappa shape index (κ1) is 11.7. The number of rotatable bonds is 3. The van der Waals surface area contributed by atoms with E-state index in [1.807, 2.05) is 0 Å². The monoisotopic (exact) mass is 243 g/mol. The van der Waals surface area contributed by atoms with Crippen LogP contribution in [0.1, 0.15) is 31.4 Å². The second kappa shape index (κ2) is 4.59. The summed E-state index contributed by atoms with van der Waals surface area (Å²) in [6.07, 6.45) is 4.49. The van der Waals surface area contributed by atoms with E-state index in [2.05, 4.69) is 0 Å². The standard InChI is InChI=1S/C11H17NO3S/c12-9-3-5-11(6-4-9)16(13,14)8-10-2-1-7-15-10/h1-2,7,9,11H,3-6,8,12H2. The van der Waals surface area contributed by atoms with Gasteiger partial charge in [-0.3, -0.25) is 0 Å². The molecule has 0 aliphatic heterocycles. The maximum absolute atomic E-state index is 12.1. The molecule has 0 spiro atoms. The molecule has 1 saturated carbocycles. The lowest BCUT2D eigenvalue weighted by Gasteiger charge is -2.25. The fraction of sp³-hybridized carbons (Fsp3) is 0.636. The fourth-order valence-corrected chi connectivity index (χ4v) is 3.95. The summed E-state index contributed by atoms with van der Waals surface area (Å²) in [7, 11) is -3.08. The van der Waals surface area contributed by atoms with Crippen molar-refractivity contribution in [1.82, 2.24) is 0 Å². The quantitative estimate of drug-likeness (QED) is 0.872. The fourth-order valence-electron chi connectivity index (χ4n) is 2.16. The van der Waals surface area contributed by atoms with Crippen molar-refractivity contribution < 1.29 is 12.8 Å². The van der Waals surface area contributed by atoms with Gasteiger partial charge in [-0.2, -0.15) is 0 Å². The van der Waals surface area contributed by atoms with Crippen molar-refractivity contribution in [3.63, 3.8) is 0 Å². The molecule has 0 aromatic carbocycles. The highest BCUT2D eigenvalue weighted by Crippen LogP contribution is 2.25. The molecule has 16 heavy (non-hydrogen) atoms. The third-order valence-corrected chi connectivity index (χ3v) is 5.32. The van der Waals surface area contributed by atoms with Crippen molar-refractivity contribution in [3.05, 3.63) is 24.2 Å². The van der Waals surface area contributed by atoms with E-state index in [1.54, 1.807) is 12.1 Å². The summed E-state index contributed by atoms with van der Waals surface area (Å²) < 4.78 is 29.2. The van der Waals surface area contributed by atoms with Crippen molar-refractivity contribution in [1.29, 1.82) is 0 Å². The number of sulfone groups is 1. The Bertz CT molecular complexity index is 416. The molecule has 90 valence electrons. The highest BCUT2D eigenvalue weighted by Gasteiger charge is 2.30. The summed E-state index contributed by atoms with van der Waals surface area (Å²) in [5.41, 5.74) is 5.76. The normalized spacial score (nSPS) is 26.8. The largest absolute Gasteiger partial charge is 0.468 e. The molecule has 1 aliphatic rings. The van der Waals surface area contributed by atoms with Crippen LogP contribution in [-0.2, 0) is 15.6 Å². The molecule has 1 heterocycles. The lowest BCUT2D eigenvalue weighted by Crippen LogP contribution is -2.33. The third kappa shape index (κ3) is 2.65. The number of furan rings is 1. The van der Waals surface area contributed by atoms with Crippen molar-refractivity contribution in [2.75, 3.05) is 0 Å². The molecule has 5 heteroatoms. The predicted molar refractivity (Wildman–Crippen MR) is 61.6 cm³/mol. The molecule has 0 atom stereocenters. The Morgan fingerprint density at radius 1 is 1.31 bits per heavy atom. The zero-order chi connectivity index (χ0) is 11.6. The average Bonchev–Trinajstić information content (AvgIpc) is 2.70. The molecule has 0 saturated heterocycles. The van der Waals surface area contributed by atoms with Gasteiger partial charge >= 0.3 is 0 Å². The summed E-state index contributed by atoms with van der Waals surface area (Å²) in [5, 5.41) is -0.239. The van der Waals surface area contributed by atoms with Crippen LogP contribution in [0.5, 0.6) is 0 Å². The Morgan fingerprint density at radius 3 is 2.56 bits per heavy atom. The van der Waals surface area contributed by atoms with Gasteiger partial charge in [-0.1, -0.05) is 0 Å². The smallest absolute Gasteiger partial charge is 0.160 e. The van der Waals surface area contributed by atoms with Crippen LogP contribution in [0.4, 0.5) is 0 Å². The highest BCUT2D eigenvalue weighted by atomic mass is 32.2. The molecular weight excluding hydrogens is 226 g/mol. The van der Waals surface area contributed by atoms with Crippen LogP contribution in [0.2, 0.25) is 0 Å². The average molecular weight is 243 g/mol. The van der Waals surface area contributed by atoms with E-state index in [4.69, 9.17) is 10.2 Å². The molecule has 2 N–H and O–H groups in total. The van der Waals surface area contributed by atoms with Crippen molar-refractivity contribution in [2.45, 2.75) is 42.7 Å². The van der Waals surface area contributed by atoms with Gasteiger partial charge in [-0.15, -0.1) is 0 Å². The van der Waals surface area contributed by atoms with E-state index in [9.17, 15) is 8.42 Å². The van der Waals surface area contributed by atoms with Gasteiger partial charge in [0.05, 0.1) is 11.5 Å². The zero-order valence-electron chi connectivity index (χ0n) is 9.13. The molecular formula is C11H17NO3S. The van der Waals surface area contributed by atoms with Crippen molar-refractivity contribution in [2.24, 2.45) is 5.73 Å². The summed E-state index contributed by atoms with van der Waals surface area (Å²) >= 11 is 0.